The Morgan fingerprint density at radius 3 is 2.52 bits per heavy atom. The molecule has 0 unspecified atom stereocenters. The van der Waals surface area contributed by atoms with Gasteiger partial charge in [-0.3, -0.25) is 9.59 Å². The van der Waals surface area contributed by atoms with Crippen LogP contribution in [0.1, 0.15) is 52.0 Å². The van der Waals surface area contributed by atoms with Crippen LogP contribution in [-0.4, -0.2) is 22.1 Å². The van der Waals surface area contributed by atoms with E-state index in [4.69, 9.17) is 0 Å². The summed E-state index contributed by atoms with van der Waals surface area (Å²) in [5, 5.41) is 3.05. The molecule has 1 heterocycles. The van der Waals surface area contributed by atoms with E-state index in [0.29, 0.717) is 32.2 Å². The smallest absolute Gasteiger partial charge is 0.259 e. The van der Waals surface area contributed by atoms with Crippen molar-refractivity contribution < 1.29 is 18.2 Å². The lowest BCUT2D eigenvalue weighted by Gasteiger charge is -2.24. The molecular formula is C26H23FN2O3S. The van der Waals surface area contributed by atoms with Crippen LogP contribution in [0.3, 0.4) is 0 Å². The second-order valence-electron chi connectivity index (χ2n) is 8.38. The fraction of sp³-hybridized carbons (Fsp3) is 0.231. The number of hydrogen-bond acceptors (Lipinski definition) is 3. The number of halogens is 1. The Kier molecular flexibility index (Phi) is 5.81. The Bertz CT molecular complexity index is 1270. The van der Waals surface area contributed by atoms with Gasteiger partial charge in [0.25, 0.3) is 11.8 Å². The van der Waals surface area contributed by atoms with E-state index in [2.05, 4.69) is 5.32 Å². The Balaban J connectivity index is 1.60. The molecular weight excluding hydrogens is 439 g/mol. The van der Waals surface area contributed by atoms with E-state index >= 15 is 0 Å². The first-order valence-corrected chi connectivity index (χ1v) is 12.2. The topological polar surface area (TPSA) is 66.5 Å². The van der Waals surface area contributed by atoms with Gasteiger partial charge in [0.1, 0.15) is 5.82 Å². The van der Waals surface area contributed by atoms with Gasteiger partial charge in [-0.25, -0.2) is 8.60 Å². The number of fused-ring (bicyclic) bond motifs is 2. The Hall–Kier alpha value is -3.32. The number of carbonyl (C=O) groups excluding carboxylic acids is 2. The maximum atomic E-state index is 14.5. The first kappa shape index (κ1) is 21.5. The third-order valence-corrected chi connectivity index (χ3v) is 7.75. The second-order valence-corrected chi connectivity index (χ2v) is 9.80. The number of nitrogens with zero attached hydrogens (tertiary/aromatic N) is 1. The van der Waals surface area contributed by atoms with Crippen LogP contribution >= 0.6 is 0 Å². The number of anilines is 1. The molecule has 3 aromatic rings. The average molecular weight is 463 g/mol. The summed E-state index contributed by atoms with van der Waals surface area (Å²) in [5.74, 6) is -1.04. The predicted molar refractivity (Wildman–Crippen MR) is 124 cm³/mol. The van der Waals surface area contributed by atoms with Gasteiger partial charge in [0.2, 0.25) is 0 Å². The Labute approximate surface area is 194 Å². The molecule has 168 valence electrons. The van der Waals surface area contributed by atoms with Gasteiger partial charge in [-0.1, -0.05) is 43.2 Å². The maximum absolute atomic E-state index is 14.5. The molecule has 7 heteroatoms. The minimum Gasteiger partial charge on any atom is -0.349 e. The molecule has 1 fully saturated rings. The van der Waals surface area contributed by atoms with Crippen LogP contribution in [-0.2, 0) is 17.3 Å². The number of amides is 2. The van der Waals surface area contributed by atoms with Gasteiger partial charge >= 0.3 is 0 Å². The molecule has 1 saturated carbocycles. The van der Waals surface area contributed by atoms with Crippen molar-refractivity contribution in [3.8, 4) is 0 Å². The van der Waals surface area contributed by atoms with E-state index in [-0.39, 0.29) is 24.4 Å². The molecule has 5 nitrogen and oxygen atoms in total. The van der Waals surface area contributed by atoms with Gasteiger partial charge in [-0.2, -0.15) is 0 Å². The summed E-state index contributed by atoms with van der Waals surface area (Å²) in [7, 11) is -1.63. The average Bonchev–Trinajstić information content (AvgIpc) is 3.33. The van der Waals surface area contributed by atoms with E-state index in [1.807, 2.05) is 0 Å². The first-order chi connectivity index (χ1) is 16.0. The van der Waals surface area contributed by atoms with Gasteiger partial charge in [0.05, 0.1) is 38.4 Å². The minimum absolute atomic E-state index is 0.0439. The van der Waals surface area contributed by atoms with Gasteiger partial charge in [-0.05, 0) is 49.2 Å². The SMILES string of the molecule is O=C(NC1CCCC1)c1ccc2c(c1)N(Cc1ccccc1F)C(=O)c1ccccc1[S@@]2=O. The van der Waals surface area contributed by atoms with Crippen molar-refractivity contribution in [3.63, 3.8) is 0 Å². The Morgan fingerprint density at radius 2 is 1.73 bits per heavy atom. The molecule has 2 amide bonds. The second kappa shape index (κ2) is 8.90. The molecule has 0 bridgehead atoms. The van der Waals surface area contributed by atoms with Gasteiger partial charge in [-0.15, -0.1) is 0 Å². The molecule has 3 aromatic carbocycles. The molecule has 0 saturated heterocycles. The van der Waals surface area contributed by atoms with Crippen LogP contribution in [0, 0.1) is 5.82 Å². The number of rotatable bonds is 4. The van der Waals surface area contributed by atoms with Crippen molar-refractivity contribution in [1.29, 1.82) is 0 Å². The molecule has 1 aliphatic heterocycles. The predicted octanol–water partition coefficient (Wildman–Crippen LogP) is 4.83. The van der Waals surface area contributed by atoms with Crippen LogP contribution in [0.5, 0.6) is 0 Å². The summed E-state index contributed by atoms with van der Waals surface area (Å²) in [6.07, 6.45) is 4.09. The molecule has 1 aliphatic carbocycles. The number of hydrogen-bond donors (Lipinski definition) is 1. The van der Waals surface area contributed by atoms with Crippen molar-refractivity contribution in [2.75, 3.05) is 4.90 Å². The van der Waals surface area contributed by atoms with Crippen LogP contribution in [0.15, 0.2) is 76.5 Å². The number of carbonyl (C=O) groups is 2. The standard InChI is InChI=1S/C26H23FN2O3S/c27-21-11-5-1-7-18(21)16-29-22-15-17(25(30)28-19-8-2-3-9-19)13-14-24(22)33(32)23-12-6-4-10-20(23)26(29)31/h1,4-7,10-15,19H,2-3,8-9,16H2,(H,28,30)/t33-/m0/s1. The van der Waals surface area contributed by atoms with E-state index in [9.17, 15) is 18.2 Å². The fourth-order valence-corrected chi connectivity index (χ4v) is 5.84. The number of nitrogens with one attached hydrogen (secondary N) is 1. The summed E-state index contributed by atoms with van der Waals surface area (Å²) >= 11 is 0. The van der Waals surface area contributed by atoms with Crippen LogP contribution in [0.2, 0.25) is 0 Å². The van der Waals surface area contributed by atoms with Crippen molar-refractivity contribution in [1.82, 2.24) is 5.32 Å². The largest absolute Gasteiger partial charge is 0.349 e. The lowest BCUT2D eigenvalue weighted by molar-refractivity contribution is 0.0935. The lowest BCUT2D eigenvalue weighted by atomic mass is 10.1. The van der Waals surface area contributed by atoms with Crippen LogP contribution in [0.25, 0.3) is 0 Å². The third-order valence-electron chi connectivity index (χ3n) is 6.25. The zero-order chi connectivity index (χ0) is 22.9. The number of benzene rings is 3. The van der Waals surface area contributed by atoms with E-state index in [1.165, 1.54) is 11.0 Å². The first-order valence-electron chi connectivity index (χ1n) is 11.0. The quantitative estimate of drug-likeness (QED) is 0.604. The summed E-state index contributed by atoms with van der Waals surface area (Å²) < 4.78 is 28.0. The molecule has 0 aromatic heterocycles. The highest BCUT2D eigenvalue weighted by Crippen LogP contribution is 2.36. The normalized spacial score (nSPS) is 17.9. The Morgan fingerprint density at radius 1 is 1.00 bits per heavy atom. The maximum Gasteiger partial charge on any atom is 0.259 e. The van der Waals surface area contributed by atoms with Crippen molar-refractivity contribution in [2.45, 2.75) is 48.1 Å². The molecule has 2 aliphatic rings. The molecule has 33 heavy (non-hydrogen) atoms. The highest BCUT2D eigenvalue weighted by molar-refractivity contribution is 7.85. The van der Waals surface area contributed by atoms with Crippen molar-refractivity contribution in [3.05, 3.63) is 89.2 Å². The zero-order valence-corrected chi connectivity index (χ0v) is 18.7. The summed E-state index contributed by atoms with van der Waals surface area (Å²) in [5.41, 5.74) is 1.38. The summed E-state index contributed by atoms with van der Waals surface area (Å²) in [6, 6.07) is 18.0. The molecule has 1 atom stereocenters. The van der Waals surface area contributed by atoms with Gasteiger partial charge < -0.3 is 10.2 Å². The summed E-state index contributed by atoms with van der Waals surface area (Å²) in [4.78, 5) is 28.8. The van der Waals surface area contributed by atoms with Crippen LogP contribution < -0.4 is 10.2 Å². The van der Waals surface area contributed by atoms with Gasteiger partial charge in [0, 0.05) is 17.2 Å². The molecule has 0 spiro atoms. The molecule has 1 N–H and O–H groups in total. The summed E-state index contributed by atoms with van der Waals surface area (Å²) in [6.45, 7) is -0.0439. The van der Waals surface area contributed by atoms with Crippen molar-refractivity contribution >= 4 is 28.3 Å². The van der Waals surface area contributed by atoms with Crippen molar-refractivity contribution in [2.24, 2.45) is 0 Å². The third kappa shape index (κ3) is 4.09. The van der Waals surface area contributed by atoms with E-state index in [0.717, 1.165) is 25.7 Å². The van der Waals surface area contributed by atoms with Crippen LogP contribution in [0.4, 0.5) is 10.1 Å². The fourth-order valence-electron chi connectivity index (χ4n) is 4.50. The highest BCUT2D eigenvalue weighted by atomic mass is 32.2. The lowest BCUT2D eigenvalue weighted by Crippen LogP contribution is -2.33. The van der Waals surface area contributed by atoms with Gasteiger partial charge in [0.15, 0.2) is 0 Å². The van der Waals surface area contributed by atoms with E-state index in [1.54, 1.807) is 60.7 Å². The molecule has 0 radical (unpaired) electrons. The minimum atomic E-state index is -1.63. The molecule has 5 rings (SSSR count). The zero-order valence-electron chi connectivity index (χ0n) is 17.9. The van der Waals surface area contributed by atoms with E-state index < -0.39 is 16.6 Å². The monoisotopic (exact) mass is 462 g/mol. The highest BCUT2D eigenvalue weighted by Gasteiger charge is 2.32.